The maximum atomic E-state index is 8.64. The van der Waals surface area contributed by atoms with Gasteiger partial charge in [-0.3, -0.25) is 0 Å². The van der Waals surface area contributed by atoms with Crippen molar-refractivity contribution in [2.24, 2.45) is 21.7 Å². The van der Waals surface area contributed by atoms with Crippen molar-refractivity contribution in [3.05, 3.63) is 0 Å². The molecule has 0 unspecified atom stereocenters. The molecule has 0 fully saturated rings. The summed E-state index contributed by atoms with van der Waals surface area (Å²) in [5, 5.41) is 15.1. The topological polar surface area (TPSA) is 70.6 Å². The van der Waals surface area contributed by atoms with E-state index in [1.165, 1.54) is 0 Å². The highest BCUT2D eigenvalue weighted by Crippen LogP contribution is 2.21. The molecule has 0 aliphatic carbocycles. The molecule has 4 nitrogen and oxygen atoms in total. The molecule has 0 rings (SSSR count). The van der Waals surface area contributed by atoms with Gasteiger partial charge in [-0.05, 0) is 24.8 Å². The highest BCUT2D eigenvalue weighted by atomic mass is 16.4. The van der Waals surface area contributed by atoms with Gasteiger partial charge in [-0.2, -0.15) is 0 Å². The first kappa shape index (κ1) is 15.2. The number of nitrogens with two attached hydrogens (primary N) is 1. The summed E-state index contributed by atoms with van der Waals surface area (Å²) in [7, 11) is 0. The summed E-state index contributed by atoms with van der Waals surface area (Å²) < 4.78 is 0. The Bertz CT molecular complexity index is 234. The number of nitrogens with one attached hydrogen (secondary N) is 1. The third-order valence-corrected chi connectivity index (χ3v) is 3.29. The lowest BCUT2D eigenvalue weighted by Gasteiger charge is -2.26. The Morgan fingerprint density at radius 3 is 2.31 bits per heavy atom. The summed E-state index contributed by atoms with van der Waals surface area (Å²) in [5.74, 6) is 0.295. The van der Waals surface area contributed by atoms with Gasteiger partial charge < -0.3 is 16.3 Å². The standard InChI is InChI=1S/C12H27N3O/c1-6-11(2,3)9-14-8-7-12(4,5)10(13)15-16/h14,16H,6-9H2,1-5H3,(H2,13,15). The fraction of sp³-hybridized carbons (Fsp3) is 0.917. The van der Waals surface area contributed by atoms with Gasteiger partial charge in [0.05, 0.1) is 0 Å². The molecular weight excluding hydrogens is 202 g/mol. The van der Waals surface area contributed by atoms with Gasteiger partial charge in [0.1, 0.15) is 5.84 Å². The number of hydrogen-bond donors (Lipinski definition) is 3. The quantitative estimate of drug-likeness (QED) is 0.206. The Balaban J connectivity index is 3.91. The van der Waals surface area contributed by atoms with E-state index in [0.29, 0.717) is 11.3 Å². The van der Waals surface area contributed by atoms with Gasteiger partial charge in [-0.15, -0.1) is 0 Å². The molecule has 0 radical (unpaired) electrons. The van der Waals surface area contributed by atoms with Crippen LogP contribution in [0.4, 0.5) is 0 Å². The van der Waals surface area contributed by atoms with Crippen LogP contribution in [0.1, 0.15) is 47.5 Å². The minimum atomic E-state index is -0.252. The molecule has 0 bridgehead atoms. The Labute approximate surface area is 99.3 Å². The number of hydrogen-bond acceptors (Lipinski definition) is 3. The molecular formula is C12H27N3O. The zero-order chi connectivity index (χ0) is 12.8. The van der Waals surface area contributed by atoms with E-state index in [9.17, 15) is 0 Å². The summed E-state index contributed by atoms with van der Waals surface area (Å²) in [4.78, 5) is 0. The first-order valence-electron chi connectivity index (χ1n) is 5.94. The molecule has 96 valence electrons. The van der Waals surface area contributed by atoms with Gasteiger partial charge in [0.25, 0.3) is 0 Å². The van der Waals surface area contributed by atoms with E-state index in [1.807, 2.05) is 13.8 Å². The minimum absolute atomic E-state index is 0.252. The van der Waals surface area contributed by atoms with Crippen molar-refractivity contribution >= 4 is 5.84 Å². The third-order valence-electron chi connectivity index (χ3n) is 3.29. The maximum Gasteiger partial charge on any atom is 0.144 e. The lowest BCUT2D eigenvalue weighted by molar-refractivity contribution is 0.299. The van der Waals surface area contributed by atoms with Crippen LogP contribution >= 0.6 is 0 Å². The van der Waals surface area contributed by atoms with E-state index >= 15 is 0 Å². The summed E-state index contributed by atoms with van der Waals surface area (Å²) in [6.45, 7) is 12.5. The van der Waals surface area contributed by atoms with Crippen molar-refractivity contribution in [3.63, 3.8) is 0 Å². The van der Waals surface area contributed by atoms with E-state index in [-0.39, 0.29) is 5.41 Å². The molecule has 16 heavy (non-hydrogen) atoms. The summed E-state index contributed by atoms with van der Waals surface area (Å²) in [6.07, 6.45) is 2.02. The molecule has 0 atom stereocenters. The molecule has 0 aliphatic heterocycles. The molecule has 0 aromatic carbocycles. The molecule has 4 heteroatoms. The third kappa shape index (κ3) is 5.35. The highest BCUT2D eigenvalue weighted by molar-refractivity contribution is 5.85. The first-order chi connectivity index (χ1) is 7.25. The van der Waals surface area contributed by atoms with E-state index in [1.54, 1.807) is 0 Å². The van der Waals surface area contributed by atoms with Crippen molar-refractivity contribution in [3.8, 4) is 0 Å². The molecule has 0 saturated carbocycles. The van der Waals surface area contributed by atoms with Crippen LogP contribution in [0, 0.1) is 10.8 Å². The van der Waals surface area contributed by atoms with Crippen LogP contribution in [-0.2, 0) is 0 Å². The van der Waals surface area contributed by atoms with Crippen molar-refractivity contribution < 1.29 is 5.21 Å². The lowest BCUT2D eigenvalue weighted by atomic mass is 9.87. The zero-order valence-electron chi connectivity index (χ0n) is 11.3. The first-order valence-corrected chi connectivity index (χ1v) is 5.94. The monoisotopic (exact) mass is 229 g/mol. The Morgan fingerprint density at radius 1 is 1.31 bits per heavy atom. The van der Waals surface area contributed by atoms with Gasteiger partial charge in [-0.25, -0.2) is 0 Å². The van der Waals surface area contributed by atoms with E-state index in [0.717, 1.165) is 25.9 Å². The smallest absolute Gasteiger partial charge is 0.144 e. The van der Waals surface area contributed by atoms with Gasteiger partial charge in [-0.1, -0.05) is 39.8 Å². The van der Waals surface area contributed by atoms with Crippen molar-refractivity contribution in [1.82, 2.24) is 5.32 Å². The second-order valence-corrected chi connectivity index (χ2v) is 5.81. The number of oxime groups is 1. The molecule has 0 saturated heterocycles. The second kappa shape index (κ2) is 6.09. The number of amidine groups is 1. The highest BCUT2D eigenvalue weighted by Gasteiger charge is 2.23. The van der Waals surface area contributed by atoms with Crippen LogP contribution < -0.4 is 11.1 Å². The van der Waals surface area contributed by atoms with Crippen molar-refractivity contribution in [1.29, 1.82) is 0 Å². The Hall–Kier alpha value is -0.770. The molecule has 4 N–H and O–H groups in total. The molecule has 0 aromatic rings. The largest absolute Gasteiger partial charge is 0.409 e. The predicted octanol–water partition coefficient (Wildman–Crippen LogP) is 2.17. The van der Waals surface area contributed by atoms with Crippen LogP contribution in [-0.4, -0.2) is 24.1 Å². The van der Waals surface area contributed by atoms with Gasteiger partial charge in [0.2, 0.25) is 0 Å². The summed E-state index contributed by atoms with van der Waals surface area (Å²) in [5.41, 5.74) is 5.70. The van der Waals surface area contributed by atoms with Crippen LogP contribution in [0.25, 0.3) is 0 Å². The van der Waals surface area contributed by atoms with E-state index < -0.39 is 0 Å². The van der Waals surface area contributed by atoms with Crippen LogP contribution in [0.15, 0.2) is 5.16 Å². The zero-order valence-corrected chi connectivity index (χ0v) is 11.3. The fourth-order valence-electron chi connectivity index (χ4n) is 1.22. The van der Waals surface area contributed by atoms with Gasteiger partial charge >= 0.3 is 0 Å². The average Bonchev–Trinajstić information content (AvgIpc) is 2.23. The van der Waals surface area contributed by atoms with E-state index in [4.69, 9.17) is 10.9 Å². The lowest BCUT2D eigenvalue weighted by Crippen LogP contribution is -2.37. The predicted molar refractivity (Wildman–Crippen MR) is 68.7 cm³/mol. The molecule has 0 spiro atoms. The molecule has 0 aliphatic rings. The number of nitrogens with zero attached hydrogens (tertiary/aromatic N) is 1. The summed E-state index contributed by atoms with van der Waals surface area (Å²) >= 11 is 0. The van der Waals surface area contributed by atoms with Crippen molar-refractivity contribution in [2.45, 2.75) is 47.5 Å². The van der Waals surface area contributed by atoms with Gasteiger partial charge in [0, 0.05) is 12.0 Å². The molecule has 0 heterocycles. The second-order valence-electron chi connectivity index (χ2n) is 5.81. The Morgan fingerprint density at radius 2 is 1.88 bits per heavy atom. The van der Waals surface area contributed by atoms with Crippen LogP contribution in [0.3, 0.4) is 0 Å². The maximum absolute atomic E-state index is 8.64. The fourth-order valence-corrected chi connectivity index (χ4v) is 1.22. The normalized spacial score (nSPS) is 14.2. The van der Waals surface area contributed by atoms with Crippen LogP contribution in [0.2, 0.25) is 0 Å². The average molecular weight is 229 g/mol. The number of rotatable bonds is 7. The Kier molecular flexibility index (Phi) is 5.79. The summed E-state index contributed by atoms with van der Waals surface area (Å²) in [6, 6.07) is 0. The molecule has 0 amide bonds. The van der Waals surface area contributed by atoms with E-state index in [2.05, 4.69) is 31.2 Å². The van der Waals surface area contributed by atoms with Crippen molar-refractivity contribution in [2.75, 3.05) is 13.1 Å². The van der Waals surface area contributed by atoms with Gasteiger partial charge in [0.15, 0.2) is 0 Å². The molecule has 0 aromatic heterocycles. The SMILES string of the molecule is CCC(C)(C)CNCCC(C)(C)C(N)=NO. The minimum Gasteiger partial charge on any atom is -0.409 e. The van der Waals surface area contributed by atoms with Crippen LogP contribution in [0.5, 0.6) is 0 Å².